The Morgan fingerprint density at radius 2 is 1.91 bits per heavy atom. The van der Waals surface area contributed by atoms with Gasteiger partial charge in [-0.3, -0.25) is 9.78 Å². The first-order chi connectivity index (χ1) is 10.5. The molecule has 6 heteroatoms. The number of hydrogen-bond donors (Lipinski definition) is 0. The number of thiazole rings is 1. The van der Waals surface area contributed by atoms with Crippen LogP contribution in [0.3, 0.4) is 0 Å². The number of rotatable bonds is 6. The summed E-state index contributed by atoms with van der Waals surface area (Å²) < 4.78 is 0. The molecule has 2 aromatic heterocycles. The van der Waals surface area contributed by atoms with Crippen LogP contribution in [0.1, 0.15) is 25.9 Å². The Morgan fingerprint density at radius 1 is 1.23 bits per heavy atom. The van der Waals surface area contributed by atoms with Crippen molar-refractivity contribution in [2.24, 2.45) is 0 Å². The van der Waals surface area contributed by atoms with E-state index in [9.17, 15) is 4.79 Å². The predicted molar refractivity (Wildman–Crippen MR) is 89.1 cm³/mol. The quantitative estimate of drug-likeness (QED) is 0.819. The summed E-state index contributed by atoms with van der Waals surface area (Å²) >= 11 is 1.49. The number of aryl methyl sites for hydroxylation is 1. The highest BCUT2D eigenvalue weighted by Gasteiger charge is 2.19. The van der Waals surface area contributed by atoms with Crippen LogP contribution in [0.25, 0.3) is 0 Å². The van der Waals surface area contributed by atoms with Gasteiger partial charge in [0.05, 0.1) is 5.69 Å². The van der Waals surface area contributed by atoms with E-state index >= 15 is 0 Å². The minimum absolute atomic E-state index is 0.0501. The number of aromatic nitrogens is 2. The average molecular weight is 318 g/mol. The van der Waals surface area contributed by atoms with Crippen molar-refractivity contribution in [2.75, 3.05) is 27.7 Å². The molecule has 0 atom stereocenters. The number of nitrogens with zero attached hydrogens (tertiary/aromatic N) is 4. The molecule has 118 valence electrons. The molecule has 0 aromatic carbocycles. The molecular weight excluding hydrogens is 296 g/mol. The van der Waals surface area contributed by atoms with Gasteiger partial charge in [-0.05, 0) is 45.1 Å². The maximum Gasteiger partial charge on any atom is 0.265 e. The summed E-state index contributed by atoms with van der Waals surface area (Å²) in [5, 5.41) is 0.980. The number of carbonyl (C=O) groups excluding carboxylic acids is 1. The van der Waals surface area contributed by atoms with Crippen molar-refractivity contribution in [1.29, 1.82) is 0 Å². The van der Waals surface area contributed by atoms with Crippen LogP contribution in [0.2, 0.25) is 0 Å². The molecule has 0 aliphatic heterocycles. The van der Waals surface area contributed by atoms with Gasteiger partial charge >= 0.3 is 0 Å². The third-order valence-electron chi connectivity index (χ3n) is 3.32. The highest BCUT2D eigenvalue weighted by atomic mass is 32.1. The summed E-state index contributed by atoms with van der Waals surface area (Å²) in [6.07, 6.45) is 4.38. The average Bonchev–Trinajstić information content (AvgIpc) is 2.84. The zero-order chi connectivity index (χ0) is 16.1. The van der Waals surface area contributed by atoms with Crippen molar-refractivity contribution in [3.8, 4) is 0 Å². The summed E-state index contributed by atoms with van der Waals surface area (Å²) in [6, 6.07) is 3.96. The molecular formula is C16H22N4OS. The monoisotopic (exact) mass is 318 g/mol. The highest BCUT2D eigenvalue weighted by molar-refractivity contribution is 7.13. The number of hydrogen-bond acceptors (Lipinski definition) is 5. The van der Waals surface area contributed by atoms with Crippen molar-refractivity contribution in [3.05, 3.63) is 45.7 Å². The molecule has 22 heavy (non-hydrogen) atoms. The van der Waals surface area contributed by atoms with Gasteiger partial charge in [0, 0.05) is 32.5 Å². The summed E-state index contributed by atoms with van der Waals surface area (Å²) in [6.45, 7) is 3.35. The lowest BCUT2D eigenvalue weighted by atomic mass is 10.2. The molecule has 0 bridgehead atoms. The van der Waals surface area contributed by atoms with Crippen molar-refractivity contribution < 1.29 is 4.79 Å². The van der Waals surface area contributed by atoms with E-state index in [4.69, 9.17) is 0 Å². The molecule has 2 rings (SSSR count). The Morgan fingerprint density at radius 3 is 2.55 bits per heavy atom. The number of carbonyl (C=O) groups is 1. The van der Waals surface area contributed by atoms with E-state index < -0.39 is 0 Å². The van der Waals surface area contributed by atoms with Gasteiger partial charge in [0.25, 0.3) is 5.91 Å². The Bertz CT molecular complexity index is 624. The Labute approximate surface area is 135 Å². The molecule has 0 N–H and O–H groups in total. The zero-order valence-corrected chi connectivity index (χ0v) is 14.4. The molecule has 0 spiro atoms. The molecule has 5 nitrogen and oxygen atoms in total. The molecule has 2 heterocycles. The van der Waals surface area contributed by atoms with E-state index in [1.807, 2.05) is 40.2 Å². The molecule has 1 amide bonds. The van der Waals surface area contributed by atoms with Crippen LogP contribution < -0.4 is 0 Å². The molecule has 0 unspecified atom stereocenters. The van der Waals surface area contributed by atoms with Crippen molar-refractivity contribution in [1.82, 2.24) is 19.8 Å². The standard InChI is InChI=1S/C16H22N4OS/c1-12-15(22-14(18-12)11-19(2)3)16(21)20(4)10-7-13-5-8-17-9-6-13/h5-6,8-9H,7,10-11H2,1-4H3. The second-order valence-electron chi connectivity index (χ2n) is 5.59. The SMILES string of the molecule is Cc1nc(CN(C)C)sc1C(=O)N(C)CCc1ccncc1. The summed E-state index contributed by atoms with van der Waals surface area (Å²) in [5.74, 6) is 0.0501. The lowest BCUT2D eigenvalue weighted by Crippen LogP contribution is -2.28. The van der Waals surface area contributed by atoms with Gasteiger partial charge in [-0.2, -0.15) is 0 Å². The maximum atomic E-state index is 12.6. The summed E-state index contributed by atoms with van der Waals surface area (Å²) in [4.78, 5) is 25.6. The number of amides is 1. The Balaban J connectivity index is 1.99. The molecule has 0 radical (unpaired) electrons. The van der Waals surface area contributed by atoms with E-state index in [1.165, 1.54) is 16.9 Å². The van der Waals surface area contributed by atoms with E-state index in [2.05, 4.69) is 14.9 Å². The second kappa shape index (κ2) is 7.47. The molecule has 0 aliphatic carbocycles. The van der Waals surface area contributed by atoms with Crippen LogP contribution in [-0.4, -0.2) is 53.4 Å². The van der Waals surface area contributed by atoms with Crippen LogP contribution >= 0.6 is 11.3 Å². The smallest absolute Gasteiger partial charge is 0.265 e. The van der Waals surface area contributed by atoms with E-state index in [1.54, 1.807) is 17.3 Å². The molecule has 0 saturated carbocycles. The van der Waals surface area contributed by atoms with Gasteiger partial charge < -0.3 is 9.80 Å². The number of likely N-dealkylation sites (N-methyl/N-ethyl adjacent to an activating group) is 1. The summed E-state index contributed by atoms with van der Waals surface area (Å²) in [5.41, 5.74) is 2.01. The molecule has 0 saturated heterocycles. The fourth-order valence-corrected chi connectivity index (χ4v) is 3.29. The van der Waals surface area contributed by atoms with Crippen molar-refractivity contribution in [2.45, 2.75) is 19.9 Å². The van der Waals surface area contributed by atoms with Crippen LogP contribution in [-0.2, 0) is 13.0 Å². The fraction of sp³-hybridized carbons (Fsp3) is 0.438. The van der Waals surface area contributed by atoms with Crippen LogP contribution in [0, 0.1) is 6.92 Å². The first-order valence-electron chi connectivity index (χ1n) is 7.22. The lowest BCUT2D eigenvalue weighted by molar-refractivity contribution is 0.0800. The van der Waals surface area contributed by atoms with Crippen LogP contribution in [0.5, 0.6) is 0 Å². The normalized spacial score (nSPS) is 11.0. The molecule has 0 aliphatic rings. The van der Waals surface area contributed by atoms with Gasteiger partial charge in [-0.25, -0.2) is 4.98 Å². The molecule has 0 fully saturated rings. The lowest BCUT2D eigenvalue weighted by Gasteiger charge is -2.16. The van der Waals surface area contributed by atoms with E-state index in [0.29, 0.717) is 6.54 Å². The largest absolute Gasteiger partial charge is 0.341 e. The predicted octanol–water partition coefficient (Wildman–Crippen LogP) is 2.22. The maximum absolute atomic E-state index is 12.6. The van der Waals surface area contributed by atoms with Gasteiger partial charge in [0.15, 0.2) is 0 Å². The Kier molecular flexibility index (Phi) is 5.63. The Hall–Kier alpha value is -1.79. The van der Waals surface area contributed by atoms with Gasteiger partial charge in [-0.15, -0.1) is 11.3 Å². The highest BCUT2D eigenvalue weighted by Crippen LogP contribution is 2.20. The second-order valence-corrected chi connectivity index (χ2v) is 6.68. The minimum atomic E-state index is 0.0501. The van der Waals surface area contributed by atoms with E-state index in [0.717, 1.165) is 28.5 Å². The molecule has 2 aromatic rings. The van der Waals surface area contributed by atoms with Crippen molar-refractivity contribution in [3.63, 3.8) is 0 Å². The zero-order valence-electron chi connectivity index (χ0n) is 13.5. The van der Waals surface area contributed by atoms with E-state index in [-0.39, 0.29) is 5.91 Å². The topological polar surface area (TPSA) is 49.3 Å². The van der Waals surface area contributed by atoms with Crippen molar-refractivity contribution >= 4 is 17.2 Å². The van der Waals surface area contributed by atoms with Crippen LogP contribution in [0.4, 0.5) is 0 Å². The third-order valence-corrected chi connectivity index (χ3v) is 4.45. The van der Waals surface area contributed by atoms with Gasteiger partial charge in [0.2, 0.25) is 0 Å². The minimum Gasteiger partial charge on any atom is -0.341 e. The summed E-state index contributed by atoms with van der Waals surface area (Å²) in [7, 11) is 5.84. The number of pyridine rings is 1. The van der Waals surface area contributed by atoms with Gasteiger partial charge in [-0.1, -0.05) is 0 Å². The first-order valence-corrected chi connectivity index (χ1v) is 8.04. The van der Waals surface area contributed by atoms with Gasteiger partial charge in [0.1, 0.15) is 9.88 Å². The third kappa shape index (κ3) is 4.35. The fourth-order valence-electron chi connectivity index (χ4n) is 2.11. The first kappa shape index (κ1) is 16.6. The van der Waals surface area contributed by atoms with Crippen LogP contribution in [0.15, 0.2) is 24.5 Å².